The third kappa shape index (κ3) is 2.48. The zero-order valence-corrected chi connectivity index (χ0v) is 15.1. The van der Waals surface area contributed by atoms with Crippen LogP contribution in [-0.4, -0.2) is 19.9 Å². The van der Waals surface area contributed by atoms with Crippen LogP contribution in [0.3, 0.4) is 0 Å². The number of carbonyl (C=O) groups excluding carboxylic acids is 1. The molecule has 6 nitrogen and oxygen atoms in total. The summed E-state index contributed by atoms with van der Waals surface area (Å²) in [6.45, 7) is 2.48. The quantitative estimate of drug-likeness (QED) is 0.397. The van der Waals surface area contributed by atoms with Gasteiger partial charge >= 0.3 is 5.97 Å². The molecule has 0 N–H and O–H groups in total. The van der Waals surface area contributed by atoms with E-state index < -0.39 is 0 Å². The van der Waals surface area contributed by atoms with Gasteiger partial charge < -0.3 is 18.9 Å². The highest BCUT2D eigenvalue weighted by molar-refractivity contribution is 5.93. The first-order valence-corrected chi connectivity index (χ1v) is 8.79. The van der Waals surface area contributed by atoms with Crippen molar-refractivity contribution < 1.29 is 28.3 Å². The van der Waals surface area contributed by atoms with Crippen LogP contribution in [0.1, 0.15) is 12.5 Å². The van der Waals surface area contributed by atoms with E-state index in [1.807, 2.05) is 24.4 Å². The van der Waals surface area contributed by atoms with Gasteiger partial charge in [0.1, 0.15) is 0 Å². The van der Waals surface area contributed by atoms with Gasteiger partial charge in [-0.3, -0.25) is 4.79 Å². The average molecular weight is 364 g/mol. The molecule has 0 fully saturated rings. The lowest BCUT2D eigenvalue weighted by atomic mass is 9.95. The van der Waals surface area contributed by atoms with Crippen LogP contribution in [-0.2, 0) is 17.8 Å². The summed E-state index contributed by atoms with van der Waals surface area (Å²) in [6, 6.07) is 10.0. The fourth-order valence-electron chi connectivity index (χ4n) is 3.81. The normalized spacial score (nSPS) is 13.9. The molecule has 0 unspecified atom stereocenters. The number of pyridine rings is 1. The van der Waals surface area contributed by atoms with E-state index in [0.717, 1.165) is 46.5 Å². The smallest absolute Gasteiger partial charge is 0.308 e. The molecule has 2 aliphatic rings. The van der Waals surface area contributed by atoms with E-state index in [9.17, 15) is 4.79 Å². The van der Waals surface area contributed by atoms with Crippen molar-refractivity contribution in [3.63, 3.8) is 0 Å². The number of hydrogen-bond donors (Lipinski definition) is 0. The summed E-state index contributed by atoms with van der Waals surface area (Å²) in [6.07, 6.45) is 2.92. The Labute approximate surface area is 155 Å². The van der Waals surface area contributed by atoms with Gasteiger partial charge in [-0.15, -0.1) is 0 Å². The number of esters is 1. The molecule has 3 aromatic rings. The van der Waals surface area contributed by atoms with E-state index in [1.54, 1.807) is 7.11 Å². The van der Waals surface area contributed by atoms with Crippen LogP contribution in [0.15, 0.2) is 36.5 Å². The summed E-state index contributed by atoms with van der Waals surface area (Å²) >= 11 is 0. The molecule has 0 bridgehead atoms. The highest BCUT2D eigenvalue weighted by Crippen LogP contribution is 2.41. The second-order valence-corrected chi connectivity index (χ2v) is 6.66. The Bertz CT molecular complexity index is 1110. The fraction of sp³-hybridized carbons (Fsp3) is 0.238. The molecule has 3 heterocycles. The Hall–Kier alpha value is -3.28. The Morgan fingerprint density at radius 1 is 1.15 bits per heavy atom. The molecule has 0 radical (unpaired) electrons. The van der Waals surface area contributed by atoms with Gasteiger partial charge in [0, 0.05) is 19.4 Å². The number of nitrogens with zero attached hydrogens (tertiary/aromatic N) is 1. The molecular formula is C21H18NO5+. The molecular weight excluding hydrogens is 346 g/mol. The maximum Gasteiger partial charge on any atom is 0.308 e. The van der Waals surface area contributed by atoms with Crippen LogP contribution in [0.2, 0.25) is 0 Å². The van der Waals surface area contributed by atoms with Crippen LogP contribution >= 0.6 is 0 Å². The van der Waals surface area contributed by atoms with Crippen LogP contribution in [0.4, 0.5) is 0 Å². The van der Waals surface area contributed by atoms with Crippen LogP contribution in [0.25, 0.3) is 22.0 Å². The number of methoxy groups -OCH3 is 1. The summed E-state index contributed by atoms with van der Waals surface area (Å²) in [5.74, 6) is 2.20. The maximum absolute atomic E-state index is 11.6. The van der Waals surface area contributed by atoms with E-state index in [1.165, 1.54) is 12.5 Å². The summed E-state index contributed by atoms with van der Waals surface area (Å²) in [4.78, 5) is 11.6. The van der Waals surface area contributed by atoms with E-state index in [2.05, 4.69) is 16.7 Å². The maximum atomic E-state index is 11.6. The van der Waals surface area contributed by atoms with Crippen LogP contribution in [0, 0.1) is 0 Å². The second-order valence-electron chi connectivity index (χ2n) is 6.66. The van der Waals surface area contributed by atoms with Crippen molar-refractivity contribution in [1.29, 1.82) is 0 Å². The first-order chi connectivity index (χ1) is 13.1. The van der Waals surface area contributed by atoms with E-state index >= 15 is 0 Å². The monoisotopic (exact) mass is 364 g/mol. The minimum absolute atomic E-state index is 0.265. The lowest BCUT2D eigenvalue weighted by Gasteiger charge is -2.17. The Morgan fingerprint density at radius 3 is 2.74 bits per heavy atom. The van der Waals surface area contributed by atoms with Gasteiger partial charge in [0.15, 0.2) is 35.7 Å². The minimum atomic E-state index is -0.374. The summed E-state index contributed by atoms with van der Waals surface area (Å²) in [5, 5.41) is 1.82. The molecule has 6 heteroatoms. The van der Waals surface area contributed by atoms with E-state index in [0.29, 0.717) is 11.5 Å². The minimum Gasteiger partial charge on any atom is -0.493 e. The number of ether oxygens (including phenoxy) is 4. The van der Waals surface area contributed by atoms with E-state index in [-0.39, 0.29) is 12.8 Å². The molecule has 2 aromatic carbocycles. The van der Waals surface area contributed by atoms with Crippen LogP contribution in [0.5, 0.6) is 23.0 Å². The fourth-order valence-corrected chi connectivity index (χ4v) is 3.81. The molecule has 0 amide bonds. The molecule has 1 aromatic heterocycles. The van der Waals surface area contributed by atoms with Gasteiger partial charge in [0.05, 0.1) is 18.1 Å². The lowest BCUT2D eigenvalue weighted by Crippen LogP contribution is -2.40. The molecule has 0 saturated carbocycles. The van der Waals surface area contributed by atoms with Crippen molar-refractivity contribution in [2.24, 2.45) is 0 Å². The molecule has 0 atom stereocenters. The number of fused-ring (bicyclic) bond motifs is 5. The zero-order chi connectivity index (χ0) is 18.5. The Balaban J connectivity index is 1.73. The number of benzene rings is 2. The predicted octanol–water partition coefficient (Wildman–Crippen LogP) is 3.01. The molecule has 5 rings (SSSR count). The Kier molecular flexibility index (Phi) is 3.47. The van der Waals surface area contributed by atoms with Gasteiger partial charge in [-0.1, -0.05) is 0 Å². The molecule has 0 aliphatic carbocycles. The molecule has 27 heavy (non-hydrogen) atoms. The SMILES string of the molecule is COc1ccc2cc3[n+](cc2c1OC(C)=O)CCc1cc2c(cc1-3)OCO2. The number of aromatic nitrogens is 1. The third-order valence-electron chi connectivity index (χ3n) is 5.04. The summed E-state index contributed by atoms with van der Waals surface area (Å²) in [7, 11) is 1.57. The first kappa shape index (κ1) is 15.9. The van der Waals surface area contributed by atoms with Gasteiger partial charge in [-0.2, -0.15) is 4.57 Å². The summed E-state index contributed by atoms with van der Waals surface area (Å²) < 4.78 is 24.1. The average Bonchev–Trinajstić information content (AvgIpc) is 3.12. The van der Waals surface area contributed by atoms with Gasteiger partial charge in [0.25, 0.3) is 0 Å². The van der Waals surface area contributed by atoms with Gasteiger partial charge in [0.2, 0.25) is 12.5 Å². The second kappa shape index (κ2) is 5.87. The van der Waals surface area contributed by atoms with Gasteiger partial charge in [-0.05, 0) is 35.2 Å². The highest BCUT2D eigenvalue weighted by Gasteiger charge is 2.28. The zero-order valence-electron chi connectivity index (χ0n) is 15.1. The van der Waals surface area contributed by atoms with E-state index in [4.69, 9.17) is 18.9 Å². The topological polar surface area (TPSA) is 57.9 Å². The largest absolute Gasteiger partial charge is 0.493 e. The third-order valence-corrected chi connectivity index (χ3v) is 5.04. The molecule has 2 aliphatic heterocycles. The van der Waals surface area contributed by atoms with Crippen LogP contribution < -0.4 is 23.5 Å². The van der Waals surface area contributed by atoms with Crippen molar-refractivity contribution in [3.05, 3.63) is 42.1 Å². The predicted molar refractivity (Wildman–Crippen MR) is 97.3 cm³/mol. The number of carbonyl (C=O) groups is 1. The molecule has 0 spiro atoms. The Morgan fingerprint density at radius 2 is 1.96 bits per heavy atom. The number of hydrogen-bond acceptors (Lipinski definition) is 5. The first-order valence-electron chi connectivity index (χ1n) is 8.79. The summed E-state index contributed by atoms with van der Waals surface area (Å²) in [5.41, 5.74) is 3.48. The molecule has 0 saturated heterocycles. The van der Waals surface area contributed by atoms with Crippen molar-refractivity contribution in [1.82, 2.24) is 0 Å². The van der Waals surface area contributed by atoms with Crippen molar-refractivity contribution in [2.45, 2.75) is 19.9 Å². The number of rotatable bonds is 2. The van der Waals surface area contributed by atoms with Crippen molar-refractivity contribution >= 4 is 16.7 Å². The standard InChI is InChI=1S/C21H18NO5/c1-12(23)27-21-16-10-22-6-5-14-8-19-20(26-11-25-19)9-15(14)17(22)7-13(16)3-4-18(21)24-2/h3-4,7-10H,5-6,11H2,1-2H3/q+1. The van der Waals surface area contributed by atoms with Gasteiger partial charge in [-0.25, -0.2) is 0 Å². The number of aryl methyl sites for hydroxylation is 2. The highest BCUT2D eigenvalue weighted by atomic mass is 16.7. The van der Waals surface area contributed by atoms with Crippen molar-refractivity contribution in [3.8, 4) is 34.3 Å². The molecule has 136 valence electrons. The van der Waals surface area contributed by atoms with Crippen molar-refractivity contribution in [2.75, 3.05) is 13.9 Å². The lowest BCUT2D eigenvalue weighted by molar-refractivity contribution is -0.686.